The Balaban J connectivity index is 1.59. The zero-order valence-electron chi connectivity index (χ0n) is 13.7. The fraction of sp³-hybridized carbons (Fsp3) is 0.200. The third-order valence-electron chi connectivity index (χ3n) is 4.47. The number of fused-ring (bicyclic) bond motifs is 1. The van der Waals surface area contributed by atoms with Crippen molar-refractivity contribution in [3.05, 3.63) is 70.1 Å². The van der Waals surface area contributed by atoms with Gasteiger partial charge >= 0.3 is 0 Å². The highest BCUT2D eigenvalue weighted by Gasteiger charge is 2.25. The molecule has 2 heterocycles. The number of anilines is 1. The molecular weight excluding hydrogens is 332 g/mol. The summed E-state index contributed by atoms with van der Waals surface area (Å²) in [5, 5.41) is 1.99. The highest BCUT2D eigenvalue weighted by molar-refractivity contribution is 8.18. The minimum atomic E-state index is -0.307. The largest absolute Gasteiger partial charge is 0.367 e. The van der Waals surface area contributed by atoms with Crippen LogP contribution in [0.3, 0.4) is 0 Å². The summed E-state index contributed by atoms with van der Waals surface area (Å²) >= 11 is 0.959. The normalized spacial score (nSPS) is 18.4. The molecule has 1 saturated heterocycles. The number of thioether (sulfide) groups is 1. The molecule has 4 rings (SSSR count). The maximum atomic E-state index is 11.7. The van der Waals surface area contributed by atoms with Crippen LogP contribution in [0.5, 0.6) is 0 Å². The van der Waals surface area contributed by atoms with E-state index in [0.717, 1.165) is 43.3 Å². The first-order valence-corrected chi connectivity index (χ1v) is 9.17. The van der Waals surface area contributed by atoms with Crippen LogP contribution in [0.4, 0.5) is 10.5 Å². The van der Waals surface area contributed by atoms with E-state index in [9.17, 15) is 9.59 Å². The summed E-state index contributed by atoms with van der Waals surface area (Å²) < 4.78 is 0. The smallest absolute Gasteiger partial charge is 0.290 e. The second-order valence-electron chi connectivity index (χ2n) is 6.25. The predicted molar refractivity (Wildman–Crippen MR) is 101 cm³/mol. The average Bonchev–Trinajstić information content (AvgIpc) is 2.93. The minimum absolute atomic E-state index is 0.303. The molecule has 126 valence electrons. The molecule has 0 aromatic heterocycles. The molecular formula is C20H18N2O2S. The zero-order valence-corrected chi connectivity index (χ0v) is 14.5. The van der Waals surface area contributed by atoms with Crippen LogP contribution in [0.25, 0.3) is 6.08 Å². The van der Waals surface area contributed by atoms with Crippen molar-refractivity contribution >= 4 is 34.7 Å². The summed E-state index contributed by atoms with van der Waals surface area (Å²) in [4.78, 5) is 25.9. The van der Waals surface area contributed by atoms with E-state index < -0.39 is 0 Å². The SMILES string of the molecule is O=C1NC(=O)C(=Cc2ccc3c(c2)CCCN3Cc2ccccc2)S1. The number of rotatable bonds is 3. The number of aryl methyl sites for hydroxylation is 1. The van der Waals surface area contributed by atoms with Gasteiger partial charge in [0.25, 0.3) is 11.1 Å². The van der Waals surface area contributed by atoms with Crippen LogP contribution in [-0.4, -0.2) is 17.7 Å². The molecule has 2 aromatic carbocycles. The van der Waals surface area contributed by atoms with Gasteiger partial charge in [-0.15, -0.1) is 0 Å². The molecule has 2 aliphatic rings. The van der Waals surface area contributed by atoms with Crippen LogP contribution in [0.15, 0.2) is 53.4 Å². The Hall–Kier alpha value is -2.53. The molecule has 5 heteroatoms. The van der Waals surface area contributed by atoms with Crippen LogP contribution >= 0.6 is 11.8 Å². The lowest BCUT2D eigenvalue weighted by Crippen LogP contribution is -2.28. The molecule has 0 atom stereocenters. The molecule has 4 nitrogen and oxygen atoms in total. The number of nitrogens with one attached hydrogen (secondary N) is 1. The molecule has 0 bridgehead atoms. The number of hydrogen-bond donors (Lipinski definition) is 1. The predicted octanol–water partition coefficient (Wildman–Crippen LogP) is 3.96. The van der Waals surface area contributed by atoms with Crippen LogP contribution in [0.1, 0.15) is 23.1 Å². The van der Waals surface area contributed by atoms with Gasteiger partial charge in [-0.05, 0) is 59.5 Å². The lowest BCUT2D eigenvalue weighted by molar-refractivity contribution is -0.115. The topological polar surface area (TPSA) is 49.4 Å². The molecule has 2 aromatic rings. The van der Waals surface area contributed by atoms with Gasteiger partial charge < -0.3 is 4.90 Å². The Kier molecular flexibility index (Phi) is 4.32. The zero-order chi connectivity index (χ0) is 17.2. The maximum absolute atomic E-state index is 11.7. The van der Waals surface area contributed by atoms with Gasteiger partial charge in [-0.25, -0.2) is 0 Å². The van der Waals surface area contributed by atoms with Crippen molar-refractivity contribution in [3.8, 4) is 0 Å². The second kappa shape index (κ2) is 6.76. The van der Waals surface area contributed by atoms with E-state index in [1.54, 1.807) is 6.08 Å². The summed E-state index contributed by atoms with van der Waals surface area (Å²) in [5.41, 5.74) is 4.83. The van der Waals surface area contributed by atoms with Crippen LogP contribution < -0.4 is 10.2 Å². The molecule has 1 N–H and O–H groups in total. The van der Waals surface area contributed by atoms with Crippen molar-refractivity contribution < 1.29 is 9.59 Å². The average molecular weight is 350 g/mol. The fourth-order valence-electron chi connectivity index (χ4n) is 3.33. The molecule has 0 aliphatic carbocycles. The van der Waals surface area contributed by atoms with Crippen LogP contribution in [-0.2, 0) is 17.8 Å². The van der Waals surface area contributed by atoms with E-state index >= 15 is 0 Å². The molecule has 2 amide bonds. The van der Waals surface area contributed by atoms with E-state index in [0.29, 0.717) is 4.91 Å². The van der Waals surface area contributed by atoms with Crippen LogP contribution in [0.2, 0.25) is 0 Å². The van der Waals surface area contributed by atoms with Crippen molar-refractivity contribution in [1.29, 1.82) is 0 Å². The quantitative estimate of drug-likeness (QED) is 0.851. The molecule has 0 radical (unpaired) electrons. The lowest BCUT2D eigenvalue weighted by Gasteiger charge is -2.31. The number of carbonyl (C=O) groups is 2. The van der Waals surface area contributed by atoms with Crippen molar-refractivity contribution in [1.82, 2.24) is 5.32 Å². The van der Waals surface area contributed by atoms with Gasteiger partial charge in [0.2, 0.25) is 0 Å². The third kappa shape index (κ3) is 3.46. The fourth-order valence-corrected chi connectivity index (χ4v) is 4.01. The number of imide groups is 1. The van der Waals surface area contributed by atoms with Gasteiger partial charge in [-0.3, -0.25) is 14.9 Å². The molecule has 25 heavy (non-hydrogen) atoms. The van der Waals surface area contributed by atoms with Gasteiger partial charge in [0.15, 0.2) is 0 Å². The van der Waals surface area contributed by atoms with Crippen molar-refractivity contribution in [2.75, 3.05) is 11.4 Å². The van der Waals surface area contributed by atoms with Crippen molar-refractivity contribution in [3.63, 3.8) is 0 Å². The maximum Gasteiger partial charge on any atom is 0.290 e. The highest BCUT2D eigenvalue weighted by atomic mass is 32.2. The van der Waals surface area contributed by atoms with E-state index in [1.807, 2.05) is 12.1 Å². The Morgan fingerprint density at radius 3 is 2.72 bits per heavy atom. The molecule has 0 spiro atoms. The van der Waals surface area contributed by atoms with E-state index in [1.165, 1.54) is 16.8 Å². The summed E-state index contributed by atoms with van der Waals surface area (Å²) in [6.07, 6.45) is 3.95. The summed E-state index contributed by atoms with van der Waals surface area (Å²) in [5.74, 6) is -0.307. The van der Waals surface area contributed by atoms with E-state index in [-0.39, 0.29) is 11.1 Å². The van der Waals surface area contributed by atoms with Gasteiger partial charge in [0.1, 0.15) is 0 Å². The van der Waals surface area contributed by atoms with Crippen molar-refractivity contribution in [2.45, 2.75) is 19.4 Å². The standard InChI is InChI=1S/C20H18N2O2S/c23-19-18(25-20(24)21-19)12-15-8-9-17-16(11-15)7-4-10-22(17)13-14-5-2-1-3-6-14/h1-3,5-6,8-9,11-12H,4,7,10,13H2,(H,21,23,24). The molecule has 1 fully saturated rings. The van der Waals surface area contributed by atoms with E-state index in [4.69, 9.17) is 0 Å². The summed E-state index contributed by atoms with van der Waals surface area (Å²) in [6.45, 7) is 1.95. The van der Waals surface area contributed by atoms with E-state index in [2.05, 4.69) is 46.6 Å². The molecule has 0 unspecified atom stereocenters. The Morgan fingerprint density at radius 2 is 1.96 bits per heavy atom. The van der Waals surface area contributed by atoms with Gasteiger partial charge in [0.05, 0.1) is 4.91 Å². The third-order valence-corrected chi connectivity index (χ3v) is 5.29. The number of amides is 2. The number of nitrogens with zero attached hydrogens (tertiary/aromatic N) is 1. The first kappa shape index (κ1) is 16.0. The molecule has 0 saturated carbocycles. The lowest BCUT2D eigenvalue weighted by atomic mass is 9.98. The van der Waals surface area contributed by atoms with Crippen LogP contribution in [0, 0.1) is 0 Å². The summed E-state index contributed by atoms with van der Waals surface area (Å²) in [6, 6.07) is 16.8. The van der Waals surface area contributed by atoms with Gasteiger partial charge in [-0.2, -0.15) is 0 Å². The Labute approximate surface area is 150 Å². The first-order chi connectivity index (χ1) is 12.2. The number of hydrogen-bond acceptors (Lipinski definition) is 4. The Morgan fingerprint density at radius 1 is 1.12 bits per heavy atom. The van der Waals surface area contributed by atoms with Gasteiger partial charge in [-0.1, -0.05) is 36.4 Å². The Bertz CT molecular complexity index is 861. The van der Waals surface area contributed by atoms with Crippen molar-refractivity contribution in [2.24, 2.45) is 0 Å². The number of carbonyl (C=O) groups excluding carboxylic acids is 2. The summed E-state index contributed by atoms with van der Waals surface area (Å²) in [7, 11) is 0. The number of benzene rings is 2. The molecule has 2 aliphatic heterocycles. The monoisotopic (exact) mass is 350 g/mol. The minimum Gasteiger partial charge on any atom is -0.367 e. The highest BCUT2D eigenvalue weighted by Crippen LogP contribution is 2.31. The first-order valence-electron chi connectivity index (χ1n) is 8.36. The van der Waals surface area contributed by atoms with Gasteiger partial charge in [0, 0.05) is 18.8 Å². The second-order valence-corrected chi connectivity index (χ2v) is 7.27.